The van der Waals surface area contributed by atoms with E-state index in [1.165, 1.54) is 24.3 Å². The van der Waals surface area contributed by atoms with Gasteiger partial charge in [0.1, 0.15) is 0 Å². The van der Waals surface area contributed by atoms with Crippen LogP contribution in [0.4, 0.5) is 0 Å². The molecule has 0 unspecified atom stereocenters. The summed E-state index contributed by atoms with van der Waals surface area (Å²) in [6.07, 6.45) is 0. The van der Waals surface area contributed by atoms with Gasteiger partial charge in [-0.05, 0) is 105 Å². The Bertz CT molecular complexity index is 1490. The molecule has 0 aliphatic rings. The predicted octanol–water partition coefficient (Wildman–Crippen LogP) is -12.1. The Kier molecular flexibility index (Phi) is 17.5. The normalized spacial score (nSPS) is 9.24. The Morgan fingerprint density at radius 1 is 0.381 bits per heavy atom. The van der Waals surface area contributed by atoms with Crippen LogP contribution in [0.5, 0.6) is 0 Å². The van der Waals surface area contributed by atoms with Crippen molar-refractivity contribution in [1.82, 2.24) is 0 Å². The van der Waals surface area contributed by atoms with Crippen molar-refractivity contribution in [2.24, 2.45) is 0 Å². The summed E-state index contributed by atoms with van der Waals surface area (Å²) in [7, 11) is 0. The van der Waals surface area contributed by atoms with Crippen molar-refractivity contribution in [3.05, 3.63) is 118 Å². The molecule has 0 fully saturated rings. The molecule has 0 heterocycles. The molecule has 0 saturated heterocycles. The van der Waals surface area contributed by atoms with Crippen LogP contribution in [0.15, 0.2) is 84.9 Å². The first-order chi connectivity index (χ1) is 18.1. The number of carbonyl (C=O) groups is 4. The van der Waals surface area contributed by atoms with Crippen molar-refractivity contribution in [1.29, 1.82) is 0 Å². The van der Waals surface area contributed by atoms with E-state index < -0.39 is 23.9 Å². The number of hydrogen-bond donors (Lipinski definition) is 0. The molecule has 0 atom stereocenters. The molecular weight excluding hydrogens is 580 g/mol. The summed E-state index contributed by atoms with van der Waals surface area (Å²) in [5.74, 6) is -0.0710. The Hall–Kier alpha value is -1.68. The van der Waals surface area contributed by atoms with Crippen LogP contribution in [0.2, 0.25) is 0 Å². The molecule has 0 bridgehead atoms. The topological polar surface area (TPSA) is 161 Å². The van der Waals surface area contributed by atoms with Crippen molar-refractivity contribution in [2.45, 2.75) is 0 Å². The number of carboxylic acid groups (broad SMARTS) is 4. The van der Waals surface area contributed by atoms with Gasteiger partial charge in [-0.2, -0.15) is 0 Å². The molecule has 0 aliphatic carbocycles. The van der Waals surface area contributed by atoms with E-state index in [4.69, 9.17) is 0 Å². The van der Waals surface area contributed by atoms with E-state index in [2.05, 4.69) is 11.8 Å². The minimum atomic E-state index is -1.51. The van der Waals surface area contributed by atoms with Crippen LogP contribution >= 0.6 is 0 Å². The van der Waals surface area contributed by atoms with Gasteiger partial charge < -0.3 is 39.6 Å². The Balaban J connectivity index is 0.00000420. The molecule has 4 aromatic rings. The molecule has 4 aromatic carbocycles. The summed E-state index contributed by atoms with van der Waals surface area (Å²) < 4.78 is 0. The number of hydrogen-bond acceptors (Lipinski definition) is 8. The van der Waals surface area contributed by atoms with Gasteiger partial charge in [-0.15, -0.1) is 0 Å². The number of benzene rings is 4. The van der Waals surface area contributed by atoms with Crippen molar-refractivity contribution in [3.8, 4) is 34.1 Å². The van der Waals surface area contributed by atoms with Crippen molar-refractivity contribution in [3.63, 3.8) is 0 Å². The van der Waals surface area contributed by atoms with Crippen LogP contribution in [-0.2, 0) is 0 Å². The van der Waals surface area contributed by atoms with Gasteiger partial charge in [-0.25, -0.2) is 0 Å². The fraction of sp³-hybridized carbons (Fsp3) is 0. The van der Waals surface area contributed by atoms with Gasteiger partial charge in [-0.1, -0.05) is 36.1 Å². The average molecular weight is 594 g/mol. The van der Waals surface area contributed by atoms with Crippen LogP contribution in [0.25, 0.3) is 22.3 Å². The zero-order valence-electron chi connectivity index (χ0n) is 23.3. The van der Waals surface area contributed by atoms with Crippen LogP contribution in [0.1, 0.15) is 52.6 Å². The number of carbonyl (C=O) groups excluding carboxylic acids is 4. The Labute approximate surface area is 329 Å². The molecule has 0 aliphatic heterocycles. The molecule has 186 valence electrons. The molecule has 0 spiro atoms. The second-order valence-electron chi connectivity index (χ2n) is 8.15. The standard InChI is InChI=1S/C30H18O8.4Na/c31-27(32)23-11-21(12-24(15-23)28(33)34)19-7-3-17(4-8-19)1-2-18-5-9-20(10-6-18)22-13-25(29(35)36)16-26(14-22)30(37)38;;;;/h3-16H,(H,31,32)(H,33,34)(H,35,36)(H,37,38);;;;/q;4*+1/p-4. The van der Waals surface area contributed by atoms with E-state index >= 15 is 0 Å². The van der Waals surface area contributed by atoms with Crippen LogP contribution in [-0.4, -0.2) is 23.9 Å². The molecule has 8 nitrogen and oxygen atoms in total. The number of carboxylic acids is 4. The molecular formula is C30H14Na4O8. The third-order valence-corrected chi connectivity index (χ3v) is 5.60. The van der Waals surface area contributed by atoms with Crippen LogP contribution < -0.4 is 139 Å². The van der Waals surface area contributed by atoms with Gasteiger partial charge in [0.05, 0.1) is 23.9 Å². The fourth-order valence-corrected chi connectivity index (χ4v) is 3.70. The van der Waals surface area contributed by atoms with Gasteiger partial charge in [0.25, 0.3) is 0 Å². The zero-order chi connectivity index (χ0) is 27.4. The van der Waals surface area contributed by atoms with Crippen LogP contribution in [0.3, 0.4) is 0 Å². The monoisotopic (exact) mass is 594 g/mol. The minimum absolute atomic E-state index is 0. The van der Waals surface area contributed by atoms with Crippen molar-refractivity contribution < 1.29 is 158 Å². The third-order valence-electron chi connectivity index (χ3n) is 5.60. The van der Waals surface area contributed by atoms with E-state index in [0.29, 0.717) is 33.4 Å². The molecule has 0 N–H and O–H groups in total. The van der Waals surface area contributed by atoms with E-state index in [1.807, 2.05) is 0 Å². The second-order valence-corrected chi connectivity index (χ2v) is 8.15. The SMILES string of the molecule is O=C([O-])c1cc(C(=O)[O-])cc(-c2ccc(C#Cc3ccc(-c4cc(C(=O)[O-])cc(C(=O)[O-])c4)cc3)cc2)c1.[Na+].[Na+].[Na+].[Na+]. The first-order valence-electron chi connectivity index (χ1n) is 11.0. The second kappa shape index (κ2) is 18.2. The van der Waals surface area contributed by atoms with E-state index in [0.717, 1.165) is 12.1 Å². The first-order valence-corrected chi connectivity index (χ1v) is 11.0. The van der Waals surface area contributed by atoms with E-state index in [1.54, 1.807) is 48.5 Å². The third kappa shape index (κ3) is 10.5. The minimum Gasteiger partial charge on any atom is -0.545 e. The van der Waals surface area contributed by atoms with Gasteiger partial charge in [0, 0.05) is 11.1 Å². The summed E-state index contributed by atoms with van der Waals surface area (Å²) in [6, 6.07) is 20.6. The summed E-state index contributed by atoms with van der Waals surface area (Å²) in [5.41, 5.74) is 2.01. The van der Waals surface area contributed by atoms with Crippen molar-refractivity contribution >= 4 is 23.9 Å². The molecule has 0 radical (unpaired) electrons. The fourth-order valence-electron chi connectivity index (χ4n) is 3.70. The average Bonchev–Trinajstić information content (AvgIpc) is 2.91. The summed E-state index contributed by atoms with van der Waals surface area (Å²) >= 11 is 0. The summed E-state index contributed by atoms with van der Waals surface area (Å²) in [4.78, 5) is 44.9. The maximum atomic E-state index is 11.2. The number of aromatic carboxylic acids is 4. The Morgan fingerprint density at radius 3 is 0.833 bits per heavy atom. The van der Waals surface area contributed by atoms with Gasteiger partial charge >= 0.3 is 118 Å². The first kappa shape index (κ1) is 40.3. The van der Waals surface area contributed by atoms with Crippen LogP contribution in [0, 0.1) is 11.8 Å². The summed E-state index contributed by atoms with van der Waals surface area (Å²) in [5, 5.41) is 44.9. The van der Waals surface area contributed by atoms with Crippen molar-refractivity contribution in [2.75, 3.05) is 0 Å². The Morgan fingerprint density at radius 2 is 0.619 bits per heavy atom. The predicted molar refractivity (Wildman–Crippen MR) is 127 cm³/mol. The molecule has 0 saturated carbocycles. The van der Waals surface area contributed by atoms with E-state index in [9.17, 15) is 39.6 Å². The maximum absolute atomic E-state index is 11.2. The largest absolute Gasteiger partial charge is 1.00 e. The zero-order valence-corrected chi connectivity index (χ0v) is 31.3. The van der Waals surface area contributed by atoms with Gasteiger partial charge in [0.15, 0.2) is 0 Å². The molecule has 12 heteroatoms. The van der Waals surface area contributed by atoms with Gasteiger partial charge in [-0.3, -0.25) is 0 Å². The summed E-state index contributed by atoms with van der Waals surface area (Å²) in [6.45, 7) is 0. The molecule has 0 amide bonds. The molecule has 0 aromatic heterocycles. The maximum Gasteiger partial charge on any atom is 1.00 e. The number of rotatable bonds is 6. The quantitative estimate of drug-likeness (QED) is 0.157. The molecule has 42 heavy (non-hydrogen) atoms. The van der Waals surface area contributed by atoms with Gasteiger partial charge in [0.2, 0.25) is 0 Å². The van der Waals surface area contributed by atoms with E-state index in [-0.39, 0.29) is 140 Å². The molecule has 4 rings (SSSR count). The smallest absolute Gasteiger partial charge is 0.545 e.